The molecule has 0 atom stereocenters. The summed E-state index contributed by atoms with van der Waals surface area (Å²) in [6, 6.07) is 19.6. The van der Waals surface area contributed by atoms with E-state index in [1.165, 1.54) is 0 Å². The summed E-state index contributed by atoms with van der Waals surface area (Å²) >= 11 is 14.5. The van der Waals surface area contributed by atoms with Crippen LogP contribution in [-0.2, 0) is 0 Å². The number of imidazole rings is 1. The van der Waals surface area contributed by atoms with E-state index in [-0.39, 0.29) is 0 Å². The van der Waals surface area contributed by atoms with Gasteiger partial charge in [-0.3, -0.25) is 0 Å². The number of aromatic amines is 1. The molecular formula is C19H12Cl2N2S. The molecule has 0 saturated heterocycles. The lowest BCUT2D eigenvalue weighted by atomic mass is 10.1. The number of thiophene rings is 1. The Labute approximate surface area is 153 Å². The Hall–Kier alpha value is -2.07. The van der Waals surface area contributed by atoms with Gasteiger partial charge in [-0.1, -0.05) is 65.7 Å². The van der Waals surface area contributed by atoms with Crippen molar-refractivity contribution in [3.63, 3.8) is 0 Å². The number of hydrogen-bond acceptors (Lipinski definition) is 2. The lowest BCUT2D eigenvalue weighted by Crippen LogP contribution is -1.86. The normalized spacial score (nSPS) is 10.9. The maximum atomic E-state index is 6.43. The molecule has 4 rings (SSSR count). The third-order valence-electron chi connectivity index (χ3n) is 3.72. The van der Waals surface area contributed by atoms with Gasteiger partial charge in [-0.05, 0) is 23.6 Å². The Morgan fingerprint density at radius 1 is 0.833 bits per heavy atom. The van der Waals surface area contributed by atoms with E-state index in [4.69, 9.17) is 28.2 Å². The van der Waals surface area contributed by atoms with Crippen LogP contribution in [0.4, 0.5) is 0 Å². The maximum absolute atomic E-state index is 6.43. The average molecular weight is 371 g/mol. The zero-order valence-electron chi connectivity index (χ0n) is 12.5. The molecule has 0 radical (unpaired) electrons. The van der Waals surface area contributed by atoms with Gasteiger partial charge in [-0.25, -0.2) is 4.98 Å². The van der Waals surface area contributed by atoms with Crippen LogP contribution < -0.4 is 0 Å². The smallest absolute Gasteiger partial charge is 0.148 e. The number of hydrogen-bond donors (Lipinski definition) is 1. The van der Waals surface area contributed by atoms with Crippen LogP contribution in [-0.4, -0.2) is 9.97 Å². The summed E-state index contributed by atoms with van der Waals surface area (Å²) in [5, 5.41) is 3.23. The summed E-state index contributed by atoms with van der Waals surface area (Å²) in [6.07, 6.45) is 0. The molecule has 0 aliphatic rings. The van der Waals surface area contributed by atoms with Crippen molar-refractivity contribution in [1.82, 2.24) is 9.97 Å². The molecule has 0 amide bonds. The Balaban J connectivity index is 1.98. The fourth-order valence-corrected chi connectivity index (χ4v) is 3.88. The van der Waals surface area contributed by atoms with E-state index >= 15 is 0 Å². The first-order valence-corrected chi connectivity index (χ1v) is 9.01. The molecule has 24 heavy (non-hydrogen) atoms. The maximum Gasteiger partial charge on any atom is 0.148 e. The molecular weight excluding hydrogens is 359 g/mol. The van der Waals surface area contributed by atoms with Crippen molar-refractivity contribution < 1.29 is 0 Å². The molecule has 1 N–H and O–H groups in total. The van der Waals surface area contributed by atoms with E-state index in [9.17, 15) is 0 Å². The van der Waals surface area contributed by atoms with Crippen LogP contribution in [0.3, 0.4) is 0 Å². The molecule has 0 fully saturated rings. The number of H-pyrrole nitrogens is 1. The number of rotatable bonds is 3. The molecule has 4 aromatic rings. The van der Waals surface area contributed by atoms with Crippen LogP contribution in [0.2, 0.25) is 10.0 Å². The minimum atomic E-state index is 0.598. The molecule has 2 nitrogen and oxygen atoms in total. The van der Waals surface area contributed by atoms with Crippen LogP contribution in [0.1, 0.15) is 0 Å². The van der Waals surface area contributed by atoms with Gasteiger partial charge in [0, 0.05) is 11.1 Å². The first-order valence-electron chi connectivity index (χ1n) is 7.38. The van der Waals surface area contributed by atoms with Crippen LogP contribution >= 0.6 is 34.5 Å². The SMILES string of the molecule is Clc1cccc(Cl)c1-c1[nH]c(-c2cccs2)nc1-c1ccccc1. The molecule has 2 aromatic carbocycles. The number of halogens is 2. The molecule has 0 spiro atoms. The van der Waals surface area contributed by atoms with E-state index in [0.717, 1.165) is 33.2 Å². The summed E-state index contributed by atoms with van der Waals surface area (Å²) in [4.78, 5) is 9.30. The van der Waals surface area contributed by atoms with E-state index in [1.54, 1.807) is 11.3 Å². The molecule has 0 bridgehead atoms. The van der Waals surface area contributed by atoms with Crippen molar-refractivity contribution in [1.29, 1.82) is 0 Å². The summed E-state index contributed by atoms with van der Waals surface area (Å²) < 4.78 is 0. The van der Waals surface area contributed by atoms with E-state index < -0.39 is 0 Å². The molecule has 2 aromatic heterocycles. The van der Waals surface area contributed by atoms with Crippen LogP contribution in [0.15, 0.2) is 66.0 Å². The Morgan fingerprint density at radius 3 is 2.25 bits per heavy atom. The fraction of sp³-hybridized carbons (Fsp3) is 0. The van der Waals surface area contributed by atoms with Crippen molar-refractivity contribution in [2.75, 3.05) is 0 Å². The van der Waals surface area contributed by atoms with Gasteiger partial charge in [0.05, 0.1) is 26.3 Å². The lowest BCUT2D eigenvalue weighted by Gasteiger charge is -2.07. The van der Waals surface area contributed by atoms with Crippen LogP contribution in [0, 0.1) is 0 Å². The monoisotopic (exact) mass is 370 g/mol. The van der Waals surface area contributed by atoms with E-state index in [2.05, 4.69) is 4.98 Å². The largest absolute Gasteiger partial charge is 0.337 e. The highest BCUT2D eigenvalue weighted by molar-refractivity contribution is 7.13. The van der Waals surface area contributed by atoms with Gasteiger partial charge in [-0.2, -0.15) is 0 Å². The van der Waals surface area contributed by atoms with Gasteiger partial charge < -0.3 is 4.98 Å². The van der Waals surface area contributed by atoms with Gasteiger partial charge in [0.2, 0.25) is 0 Å². The van der Waals surface area contributed by atoms with E-state index in [0.29, 0.717) is 10.0 Å². The predicted molar refractivity (Wildman–Crippen MR) is 103 cm³/mol. The lowest BCUT2D eigenvalue weighted by molar-refractivity contribution is 1.33. The molecule has 0 aliphatic carbocycles. The van der Waals surface area contributed by atoms with Gasteiger partial charge >= 0.3 is 0 Å². The number of aromatic nitrogens is 2. The highest BCUT2D eigenvalue weighted by atomic mass is 35.5. The standard InChI is InChI=1S/C19H12Cl2N2S/c20-13-8-4-9-14(21)16(13)18-17(12-6-2-1-3-7-12)22-19(23-18)15-10-5-11-24-15/h1-11H,(H,22,23). The minimum absolute atomic E-state index is 0.598. The third kappa shape index (κ3) is 2.75. The quantitative estimate of drug-likeness (QED) is 0.422. The van der Waals surface area contributed by atoms with Crippen molar-refractivity contribution in [2.45, 2.75) is 0 Å². The molecule has 118 valence electrons. The number of nitrogens with zero attached hydrogens (tertiary/aromatic N) is 1. The Kier molecular flexibility index (Phi) is 4.15. The number of benzene rings is 2. The zero-order chi connectivity index (χ0) is 16.5. The molecule has 0 saturated carbocycles. The first kappa shape index (κ1) is 15.5. The minimum Gasteiger partial charge on any atom is -0.337 e. The van der Waals surface area contributed by atoms with Crippen molar-refractivity contribution >= 4 is 34.5 Å². The van der Waals surface area contributed by atoms with Gasteiger partial charge in [0.25, 0.3) is 0 Å². The highest BCUT2D eigenvalue weighted by Gasteiger charge is 2.19. The van der Waals surface area contributed by atoms with Crippen LogP contribution in [0.25, 0.3) is 33.2 Å². The zero-order valence-corrected chi connectivity index (χ0v) is 14.8. The summed E-state index contributed by atoms with van der Waals surface area (Å²) in [7, 11) is 0. The molecule has 2 heterocycles. The Bertz CT molecular complexity index is 956. The average Bonchev–Trinajstić information content (AvgIpc) is 3.25. The summed E-state index contributed by atoms with van der Waals surface area (Å²) in [6.45, 7) is 0. The van der Waals surface area contributed by atoms with Gasteiger partial charge in [-0.15, -0.1) is 11.3 Å². The third-order valence-corrected chi connectivity index (χ3v) is 5.22. The van der Waals surface area contributed by atoms with Gasteiger partial charge in [0.1, 0.15) is 5.82 Å². The molecule has 0 aliphatic heterocycles. The highest BCUT2D eigenvalue weighted by Crippen LogP contribution is 2.40. The van der Waals surface area contributed by atoms with Crippen molar-refractivity contribution in [3.05, 3.63) is 76.1 Å². The topological polar surface area (TPSA) is 28.7 Å². The number of nitrogens with one attached hydrogen (secondary N) is 1. The summed E-state index contributed by atoms with van der Waals surface area (Å²) in [5.74, 6) is 0.815. The molecule has 5 heteroatoms. The second kappa shape index (κ2) is 6.44. The second-order valence-corrected chi connectivity index (χ2v) is 7.01. The second-order valence-electron chi connectivity index (χ2n) is 5.25. The van der Waals surface area contributed by atoms with Crippen molar-refractivity contribution in [3.8, 4) is 33.2 Å². The first-order chi connectivity index (χ1) is 11.7. The van der Waals surface area contributed by atoms with Crippen LogP contribution in [0.5, 0.6) is 0 Å². The predicted octanol–water partition coefficient (Wildman–Crippen LogP) is 6.78. The van der Waals surface area contributed by atoms with Gasteiger partial charge in [0.15, 0.2) is 0 Å². The van der Waals surface area contributed by atoms with E-state index in [1.807, 2.05) is 66.0 Å². The fourth-order valence-electron chi connectivity index (χ4n) is 2.63. The Morgan fingerprint density at radius 2 is 1.58 bits per heavy atom. The summed E-state index contributed by atoms with van der Waals surface area (Å²) in [5.41, 5.74) is 3.46. The molecule has 0 unspecified atom stereocenters. The van der Waals surface area contributed by atoms with Crippen molar-refractivity contribution in [2.24, 2.45) is 0 Å².